The monoisotopic (exact) mass is 554 g/mol. The molecule has 0 radical (unpaired) electrons. The Labute approximate surface area is 249 Å². The van der Waals surface area contributed by atoms with Gasteiger partial charge in [-0.2, -0.15) is 0 Å². The van der Waals surface area contributed by atoms with E-state index in [1.54, 1.807) is 6.07 Å². The van der Waals surface area contributed by atoms with Crippen molar-refractivity contribution in [3.8, 4) is 27.9 Å². The van der Waals surface area contributed by atoms with Gasteiger partial charge in [0.05, 0.1) is 33.5 Å². The molecule has 7 aromatic rings. The maximum atomic E-state index is 14.5. The second kappa shape index (κ2) is 9.68. The van der Waals surface area contributed by atoms with Crippen LogP contribution in [0, 0.1) is 6.92 Å². The van der Waals surface area contributed by atoms with E-state index in [0.717, 1.165) is 49.6 Å². The van der Waals surface area contributed by atoms with E-state index in [4.69, 9.17) is 0 Å². The summed E-state index contributed by atoms with van der Waals surface area (Å²) in [5.74, 6) is -0.635. The first kappa shape index (κ1) is 25.0. The van der Waals surface area contributed by atoms with Gasteiger partial charge in [0.15, 0.2) is 0 Å². The predicted molar refractivity (Wildman–Crippen MR) is 174 cm³/mol. The Morgan fingerprint density at radius 3 is 1.95 bits per heavy atom. The van der Waals surface area contributed by atoms with Crippen molar-refractivity contribution in [1.82, 2.24) is 4.57 Å². The highest BCUT2D eigenvalue weighted by molar-refractivity contribution is 6.36. The fourth-order valence-corrected chi connectivity index (χ4v) is 6.50. The van der Waals surface area contributed by atoms with Crippen LogP contribution in [-0.4, -0.2) is 16.4 Å². The first-order valence-corrected chi connectivity index (χ1v) is 14.4. The summed E-state index contributed by atoms with van der Waals surface area (Å²) in [6.45, 7) is 2.08. The molecule has 0 unspecified atom stereocenters. The van der Waals surface area contributed by atoms with Gasteiger partial charge in [0.2, 0.25) is 0 Å². The number of carbonyl (C=O) groups is 2. The SMILES string of the molecule is Cc1cccc2c3ccccc3n(-c3cccc4c3C(=O)N(c3ccc(-c5ccccc5)cc3-c3ccccc3)C4=O)c12. The molecule has 2 heterocycles. The Hall–Kier alpha value is -5.74. The molecule has 43 heavy (non-hydrogen) atoms. The number of hydrogen-bond acceptors (Lipinski definition) is 2. The molecule has 0 fully saturated rings. The number of fused-ring (bicyclic) bond motifs is 4. The molecule has 0 saturated carbocycles. The molecule has 1 aliphatic heterocycles. The highest BCUT2D eigenvalue weighted by Crippen LogP contribution is 2.42. The van der Waals surface area contributed by atoms with Crippen LogP contribution < -0.4 is 4.90 Å². The van der Waals surface area contributed by atoms with Crippen LogP contribution in [-0.2, 0) is 0 Å². The lowest BCUT2D eigenvalue weighted by molar-refractivity contribution is 0.0926. The molecule has 0 bridgehead atoms. The van der Waals surface area contributed by atoms with E-state index in [1.165, 1.54) is 4.90 Å². The zero-order chi connectivity index (χ0) is 29.1. The summed E-state index contributed by atoms with van der Waals surface area (Å²) in [6, 6.07) is 46.1. The summed E-state index contributed by atoms with van der Waals surface area (Å²) in [5.41, 5.74) is 9.08. The van der Waals surface area contributed by atoms with Crippen LogP contribution in [0.4, 0.5) is 5.69 Å². The van der Waals surface area contributed by atoms with E-state index in [0.29, 0.717) is 22.5 Å². The number of carbonyl (C=O) groups excluding carboxylic acids is 2. The number of imide groups is 1. The molecule has 0 saturated heterocycles. The normalized spacial score (nSPS) is 12.8. The van der Waals surface area contributed by atoms with E-state index in [1.807, 2.05) is 84.9 Å². The molecule has 204 valence electrons. The topological polar surface area (TPSA) is 42.3 Å². The molecule has 2 amide bonds. The molecule has 0 spiro atoms. The van der Waals surface area contributed by atoms with Crippen molar-refractivity contribution in [3.63, 3.8) is 0 Å². The van der Waals surface area contributed by atoms with Crippen LogP contribution in [0.1, 0.15) is 26.3 Å². The van der Waals surface area contributed by atoms with Gasteiger partial charge >= 0.3 is 0 Å². The maximum Gasteiger partial charge on any atom is 0.268 e. The van der Waals surface area contributed by atoms with Crippen LogP contribution in [0.5, 0.6) is 0 Å². The average molecular weight is 555 g/mol. The summed E-state index contributed by atoms with van der Waals surface area (Å²) in [5, 5.41) is 2.22. The summed E-state index contributed by atoms with van der Waals surface area (Å²) >= 11 is 0. The summed E-state index contributed by atoms with van der Waals surface area (Å²) in [7, 11) is 0. The van der Waals surface area contributed by atoms with Crippen LogP contribution in [0.3, 0.4) is 0 Å². The van der Waals surface area contributed by atoms with Crippen molar-refractivity contribution in [2.45, 2.75) is 6.92 Å². The lowest BCUT2D eigenvalue weighted by Gasteiger charge is -2.20. The summed E-state index contributed by atoms with van der Waals surface area (Å²) in [6.07, 6.45) is 0. The van der Waals surface area contributed by atoms with E-state index in [-0.39, 0.29) is 11.8 Å². The molecular weight excluding hydrogens is 528 g/mol. The Morgan fingerprint density at radius 2 is 1.16 bits per heavy atom. The van der Waals surface area contributed by atoms with E-state index in [2.05, 4.69) is 60.0 Å². The van der Waals surface area contributed by atoms with Gasteiger partial charge in [0, 0.05) is 16.3 Å². The maximum absolute atomic E-state index is 14.5. The van der Waals surface area contributed by atoms with Crippen LogP contribution in [0.15, 0.2) is 140 Å². The third-order valence-electron chi connectivity index (χ3n) is 8.46. The number of aryl methyl sites for hydroxylation is 1. The van der Waals surface area contributed by atoms with Gasteiger partial charge in [-0.25, -0.2) is 4.90 Å². The van der Waals surface area contributed by atoms with Crippen molar-refractivity contribution in [3.05, 3.63) is 156 Å². The van der Waals surface area contributed by atoms with Crippen LogP contribution in [0.2, 0.25) is 0 Å². The van der Waals surface area contributed by atoms with Crippen molar-refractivity contribution in [1.29, 1.82) is 0 Å². The minimum atomic E-state index is -0.320. The van der Waals surface area contributed by atoms with Crippen LogP contribution >= 0.6 is 0 Å². The molecule has 4 heteroatoms. The number of benzene rings is 6. The molecule has 4 nitrogen and oxygen atoms in total. The summed E-state index contributed by atoms with van der Waals surface area (Å²) in [4.78, 5) is 30.0. The van der Waals surface area contributed by atoms with E-state index >= 15 is 0 Å². The first-order chi connectivity index (χ1) is 21.1. The van der Waals surface area contributed by atoms with Gasteiger partial charge in [-0.05, 0) is 59.5 Å². The third-order valence-corrected chi connectivity index (χ3v) is 8.46. The van der Waals surface area contributed by atoms with Crippen LogP contribution in [0.25, 0.3) is 49.7 Å². The molecule has 1 aromatic heterocycles. The van der Waals surface area contributed by atoms with Crippen molar-refractivity contribution >= 4 is 39.3 Å². The van der Waals surface area contributed by atoms with Gasteiger partial charge < -0.3 is 4.57 Å². The minimum Gasteiger partial charge on any atom is -0.308 e. The molecule has 0 N–H and O–H groups in total. The van der Waals surface area contributed by atoms with Gasteiger partial charge in [0.25, 0.3) is 11.8 Å². The van der Waals surface area contributed by atoms with Gasteiger partial charge in [-0.1, -0.05) is 109 Å². The van der Waals surface area contributed by atoms with Gasteiger partial charge in [-0.3, -0.25) is 9.59 Å². The Morgan fingerprint density at radius 1 is 0.488 bits per heavy atom. The number of amides is 2. The number of rotatable bonds is 4. The Balaban J connectivity index is 1.34. The largest absolute Gasteiger partial charge is 0.308 e. The van der Waals surface area contributed by atoms with Crippen molar-refractivity contribution in [2.24, 2.45) is 0 Å². The quantitative estimate of drug-likeness (QED) is 0.204. The second-order valence-electron chi connectivity index (χ2n) is 10.9. The Bertz CT molecular complexity index is 2230. The molecule has 1 aliphatic rings. The standard InChI is InChI=1S/C39H26N2O2/c1-25-12-10-18-30-29-17-8-9-20-33(29)40(37(25)30)35-21-11-19-31-36(35)39(43)41(38(31)42)34-23-22-28(26-13-4-2-5-14-26)24-32(34)27-15-6-3-7-16-27/h2-24H,1H3. The highest BCUT2D eigenvalue weighted by Gasteiger charge is 2.40. The smallest absolute Gasteiger partial charge is 0.268 e. The third kappa shape index (κ3) is 3.77. The molecule has 0 aliphatic carbocycles. The number of nitrogens with zero attached hydrogens (tertiary/aromatic N) is 2. The van der Waals surface area contributed by atoms with E-state index < -0.39 is 0 Å². The minimum absolute atomic E-state index is 0.316. The molecular formula is C39H26N2O2. The molecule has 0 atom stereocenters. The Kier molecular flexibility index (Phi) is 5.63. The number of hydrogen-bond donors (Lipinski definition) is 0. The predicted octanol–water partition coefficient (Wildman–Crippen LogP) is 9.23. The zero-order valence-corrected chi connectivity index (χ0v) is 23.5. The lowest BCUT2D eigenvalue weighted by Crippen LogP contribution is -2.30. The fourth-order valence-electron chi connectivity index (χ4n) is 6.50. The highest BCUT2D eigenvalue weighted by atomic mass is 16.2. The average Bonchev–Trinajstić information content (AvgIpc) is 3.53. The van der Waals surface area contributed by atoms with Crippen molar-refractivity contribution in [2.75, 3.05) is 4.90 Å². The van der Waals surface area contributed by atoms with Crippen molar-refractivity contribution < 1.29 is 9.59 Å². The van der Waals surface area contributed by atoms with E-state index in [9.17, 15) is 9.59 Å². The zero-order valence-electron chi connectivity index (χ0n) is 23.5. The fraction of sp³-hybridized carbons (Fsp3) is 0.0256. The van der Waals surface area contributed by atoms with Gasteiger partial charge in [-0.15, -0.1) is 0 Å². The number of aromatic nitrogens is 1. The lowest BCUT2D eigenvalue weighted by atomic mass is 9.97. The number of anilines is 1. The molecule has 6 aromatic carbocycles. The molecule has 8 rings (SSSR count). The number of para-hydroxylation sites is 2. The second-order valence-corrected chi connectivity index (χ2v) is 10.9. The summed E-state index contributed by atoms with van der Waals surface area (Å²) < 4.78 is 2.14. The first-order valence-electron chi connectivity index (χ1n) is 14.4. The van der Waals surface area contributed by atoms with Gasteiger partial charge in [0.1, 0.15) is 0 Å².